The first kappa shape index (κ1) is 22.6. The van der Waals surface area contributed by atoms with Crippen molar-refractivity contribution in [1.29, 1.82) is 0 Å². The van der Waals surface area contributed by atoms with Gasteiger partial charge in [0.25, 0.3) is 5.91 Å². The number of rotatable bonds is 6. The molecule has 1 aliphatic carbocycles. The molecule has 0 unspecified atom stereocenters. The Balaban J connectivity index is 1.32. The normalized spacial score (nSPS) is 23.6. The Morgan fingerprint density at radius 3 is 2.45 bits per heavy atom. The van der Waals surface area contributed by atoms with Crippen LogP contribution in [0.5, 0.6) is 11.6 Å². The van der Waals surface area contributed by atoms with Crippen LogP contribution in [0.2, 0.25) is 0 Å². The van der Waals surface area contributed by atoms with Gasteiger partial charge in [-0.3, -0.25) is 9.59 Å². The lowest BCUT2D eigenvalue weighted by Gasteiger charge is -2.24. The van der Waals surface area contributed by atoms with Gasteiger partial charge in [0.05, 0.1) is 12.1 Å². The van der Waals surface area contributed by atoms with Crippen molar-refractivity contribution < 1.29 is 37.4 Å². The predicted octanol–water partition coefficient (Wildman–Crippen LogP) is 3.09. The SMILES string of the molecule is C[C@@]12C[C@@H]1N(C(=O)CNC(=O)c1ccc(Oc3ccc(C(F)(F)F)cn3)cc1)[C@H](C(=O)O)C2. The van der Waals surface area contributed by atoms with Gasteiger partial charge in [0, 0.05) is 23.9 Å². The lowest BCUT2D eigenvalue weighted by atomic mass is 10.0. The number of piperidine rings is 1. The summed E-state index contributed by atoms with van der Waals surface area (Å²) in [4.78, 5) is 41.4. The number of likely N-dealkylation sites (tertiary alicyclic amines) is 1. The Hall–Kier alpha value is -3.63. The molecule has 0 radical (unpaired) electrons. The van der Waals surface area contributed by atoms with Crippen molar-refractivity contribution in [3.63, 3.8) is 0 Å². The van der Waals surface area contributed by atoms with Gasteiger partial charge in [0.1, 0.15) is 11.8 Å². The van der Waals surface area contributed by atoms with E-state index in [1.165, 1.54) is 29.2 Å². The molecule has 1 aliphatic heterocycles. The third-order valence-corrected chi connectivity index (χ3v) is 6.01. The minimum Gasteiger partial charge on any atom is -0.480 e. The summed E-state index contributed by atoms with van der Waals surface area (Å²) >= 11 is 0. The number of pyridine rings is 1. The summed E-state index contributed by atoms with van der Waals surface area (Å²) in [6.45, 7) is 1.62. The highest BCUT2D eigenvalue weighted by Gasteiger charge is 2.64. The number of carboxylic acids is 1. The van der Waals surface area contributed by atoms with Gasteiger partial charge in [-0.15, -0.1) is 0 Å². The molecule has 2 fully saturated rings. The number of fused-ring (bicyclic) bond motifs is 1. The van der Waals surface area contributed by atoms with Gasteiger partial charge >= 0.3 is 12.1 Å². The van der Waals surface area contributed by atoms with Crippen LogP contribution in [0.25, 0.3) is 0 Å². The minimum absolute atomic E-state index is 0.0449. The molecule has 4 rings (SSSR count). The summed E-state index contributed by atoms with van der Waals surface area (Å²) in [5, 5.41) is 11.9. The van der Waals surface area contributed by atoms with Crippen molar-refractivity contribution in [2.45, 2.75) is 38.0 Å². The van der Waals surface area contributed by atoms with E-state index >= 15 is 0 Å². The fourth-order valence-corrected chi connectivity index (χ4v) is 4.10. The summed E-state index contributed by atoms with van der Waals surface area (Å²) in [5.41, 5.74) is -0.838. The highest BCUT2D eigenvalue weighted by atomic mass is 19.4. The first-order valence-electron chi connectivity index (χ1n) is 10.1. The third-order valence-electron chi connectivity index (χ3n) is 6.01. The fraction of sp³-hybridized carbons (Fsp3) is 0.364. The molecule has 0 bridgehead atoms. The summed E-state index contributed by atoms with van der Waals surface area (Å²) in [7, 11) is 0. The maximum absolute atomic E-state index is 12.6. The molecule has 1 aromatic heterocycles. The van der Waals surface area contributed by atoms with Crippen LogP contribution in [-0.2, 0) is 15.8 Å². The molecule has 1 saturated heterocycles. The van der Waals surface area contributed by atoms with E-state index in [0.29, 0.717) is 12.6 Å². The molecule has 2 heterocycles. The highest BCUT2D eigenvalue weighted by Crippen LogP contribution is 2.59. The first-order valence-corrected chi connectivity index (χ1v) is 10.1. The number of ether oxygens (including phenoxy) is 1. The van der Waals surface area contributed by atoms with Crippen LogP contribution < -0.4 is 10.1 Å². The zero-order chi connectivity index (χ0) is 24.0. The highest BCUT2D eigenvalue weighted by molar-refractivity contribution is 5.97. The Bertz CT molecular complexity index is 1090. The minimum atomic E-state index is -4.50. The number of carbonyl (C=O) groups excluding carboxylic acids is 2. The topological polar surface area (TPSA) is 109 Å². The average Bonchev–Trinajstić information content (AvgIpc) is 3.32. The van der Waals surface area contributed by atoms with Crippen LogP contribution in [0, 0.1) is 5.41 Å². The van der Waals surface area contributed by atoms with E-state index in [-0.39, 0.29) is 35.2 Å². The number of halogens is 3. The van der Waals surface area contributed by atoms with Gasteiger partial charge in [-0.05, 0) is 48.6 Å². The molecule has 2 amide bonds. The number of amides is 2. The van der Waals surface area contributed by atoms with Crippen molar-refractivity contribution >= 4 is 17.8 Å². The number of nitrogens with zero attached hydrogens (tertiary/aromatic N) is 2. The first-order chi connectivity index (χ1) is 15.5. The molecular weight excluding hydrogens is 443 g/mol. The van der Waals surface area contributed by atoms with Gasteiger partial charge in [0.15, 0.2) is 0 Å². The van der Waals surface area contributed by atoms with E-state index in [0.717, 1.165) is 18.6 Å². The number of aliphatic carboxylic acids is 1. The number of hydrogen-bond donors (Lipinski definition) is 2. The standard InChI is InChI=1S/C22H20F3N3O5/c1-21-8-15(20(31)32)28(16(21)9-21)18(29)11-27-19(30)12-2-5-14(6-3-12)33-17-7-4-13(10-26-17)22(23,24)25/h2-7,10,15-16H,8-9,11H2,1H3,(H,27,30)(H,31,32)/t15-,16-,21+/m0/s1. The Morgan fingerprint density at radius 2 is 1.88 bits per heavy atom. The summed E-state index contributed by atoms with van der Waals surface area (Å²) in [6.07, 6.45) is -2.68. The molecule has 11 heteroatoms. The molecule has 33 heavy (non-hydrogen) atoms. The van der Waals surface area contributed by atoms with Gasteiger partial charge in [-0.25, -0.2) is 9.78 Å². The van der Waals surface area contributed by atoms with Crippen molar-refractivity contribution in [1.82, 2.24) is 15.2 Å². The van der Waals surface area contributed by atoms with E-state index in [2.05, 4.69) is 10.3 Å². The van der Waals surface area contributed by atoms with E-state index in [1.807, 2.05) is 6.92 Å². The molecule has 0 spiro atoms. The average molecular weight is 463 g/mol. The molecule has 8 nitrogen and oxygen atoms in total. The van der Waals surface area contributed by atoms with E-state index in [1.54, 1.807) is 0 Å². The number of carbonyl (C=O) groups is 3. The molecule has 2 N–H and O–H groups in total. The van der Waals surface area contributed by atoms with Crippen LogP contribution >= 0.6 is 0 Å². The summed E-state index contributed by atoms with van der Waals surface area (Å²) in [6, 6.07) is 6.66. The van der Waals surface area contributed by atoms with Crippen molar-refractivity contribution in [2.75, 3.05) is 6.54 Å². The van der Waals surface area contributed by atoms with Crippen LogP contribution in [0.3, 0.4) is 0 Å². The Labute approximate surface area is 186 Å². The van der Waals surface area contributed by atoms with Crippen molar-refractivity contribution in [3.8, 4) is 11.6 Å². The number of alkyl halides is 3. The second-order valence-electron chi connectivity index (χ2n) is 8.43. The van der Waals surface area contributed by atoms with E-state index in [4.69, 9.17) is 4.74 Å². The Kier molecular flexibility index (Phi) is 5.51. The van der Waals surface area contributed by atoms with Crippen molar-refractivity contribution in [3.05, 3.63) is 53.7 Å². The van der Waals surface area contributed by atoms with Gasteiger partial charge < -0.3 is 20.1 Å². The second-order valence-corrected chi connectivity index (χ2v) is 8.43. The zero-order valence-electron chi connectivity index (χ0n) is 17.4. The smallest absolute Gasteiger partial charge is 0.417 e. The third kappa shape index (κ3) is 4.62. The number of aromatic nitrogens is 1. The largest absolute Gasteiger partial charge is 0.480 e. The molecule has 174 valence electrons. The predicted molar refractivity (Wildman–Crippen MR) is 107 cm³/mol. The molecule has 1 aromatic carbocycles. The monoisotopic (exact) mass is 463 g/mol. The quantitative estimate of drug-likeness (QED) is 0.682. The molecule has 3 atom stereocenters. The Morgan fingerprint density at radius 1 is 1.18 bits per heavy atom. The number of carboxylic acid groups (broad SMARTS) is 1. The van der Waals surface area contributed by atoms with Gasteiger partial charge in [0.2, 0.25) is 11.8 Å². The maximum Gasteiger partial charge on any atom is 0.417 e. The molecular formula is C22H20F3N3O5. The molecule has 1 saturated carbocycles. The second kappa shape index (κ2) is 8.05. The maximum atomic E-state index is 12.6. The van der Waals surface area contributed by atoms with Crippen LogP contribution in [0.4, 0.5) is 13.2 Å². The summed E-state index contributed by atoms with van der Waals surface area (Å²) < 4.78 is 43.2. The molecule has 2 aromatic rings. The zero-order valence-corrected chi connectivity index (χ0v) is 17.4. The van der Waals surface area contributed by atoms with Crippen LogP contribution in [0.1, 0.15) is 35.7 Å². The van der Waals surface area contributed by atoms with Crippen molar-refractivity contribution in [2.24, 2.45) is 5.41 Å². The number of hydrogen-bond acceptors (Lipinski definition) is 5. The summed E-state index contributed by atoms with van der Waals surface area (Å²) in [5.74, 6) is -1.83. The lowest BCUT2D eigenvalue weighted by molar-refractivity contribution is -0.149. The van der Waals surface area contributed by atoms with Crippen LogP contribution in [0.15, 0.2) is 42.6 Å². The number of nitrogens with one attached hydrogen (secondary N) is 1. The fourth-order valence-electron chi connectivity index (χ4n) is 4.10. The lowest BCUT2D eigenvalue weighted by Crippen LogP contribution is -2.47. The van der Waals surface area contributed by atoms with Crippen LogP contribution in [-0.4, -0.2) is 51.4 Å². The van der Waals surface area contributed by atoms with Gasteiger partial charge in [-0.1, -0.05) is 6.92 Å². The molecule has 2 aliphatic rings. The van der Waals surface area contributed by atoms with E-state index < -0.39 is 35.6 Å². The van der Waals surface area contributed by atoms with E-state index in [9.17, 15) is 32.7 Å². The number of benzene rings is 1. The van der Waals surface area contributed by atoms with Gasteiger partial charge in [-0.2, -0.15) is 13.2 Å².